The van der Waals surface area contributed by atoms with E-state index in [9.17, 15) is 0 Å². The summed E-state index contributed by atoms with van der Waals surface area (Å²) >= 11 is 13.6. The van der Waals surface area contributed by atoms with E-state index in [1.165, 1.54) is 23.1 Å². The molecule has 2 aromatic heterocycles. The Labute approximate surface area is 118 Å². The first-order valence-corrected chi connectivity index (χ1v) is 7.95. The van der Waals surface area contributed by atoms with Gasteiger partial charge in [-0.25, -0.2) is 9.97 Å². The molecule has 4 nitrogen and oxygen atoms in total. The highest BCUT2D eigenvalue weighted by Gasteiger charge is 2.10. The number of rotatable bonds is 3. The summed E-state index contributed by atoms with van der Waals surface area (Å²) in [6.07, 6.45) is 3.58. The predicted octanol–water partition coefficient (Wildman–Crippen LogP) is 3.62. The van der Waals surface area contributed by atoms with Gasteiger partial charge in [0.05, 0.1) is 4.47 Å². The van der Waals surface area contributed by atoms with Gasteiger partial charge in [0.15, 0.2) is 8.68 Å². The molecule has 0 bridgehead atoms. The molecule has 0 radical (unpaired) electrons. The Morgan fingerprint density at radius 2 is 2.12 bits per heavy atom. The molecule has 0 saturated heterocycles. The van der Waals surface area contributed by atoms with Gasteiger partial charge in [0.2, 0.25) is 5.28 Å². The molecule has 0 amide bonds. The van der Waals surface area contributed by atoms with Gasteiger partial charge < -0.3 is 0 Å². The smallest absolute Gasteiger partial charge is 0.223 e. The SMILES string of the molecule is CSc1nnc(Sc2nc(Cl)ncc2Br)s1. The fraction of sp³-hybridized carbons (Fsp3) is 0.143. The van der Waals surface area contributed by atoms with E-state index in [0.717, 1.165) is 18.2 Å². The number of halogens is 2. The average Bonchev–Trinajstić information content (AvgIpc) is 2.71. The van der Waals surface area contributed by atoms with Gasteiger partial charge in [-0.2, -0.15) is 0 Å². The van der Waals surface area contributed by atoms with E-state index in [-0.39, 0.29) is 5.28 Å². The summed E-state index contributed by atoms with van der Waals surface area (Å²) in [4.78, 5) is 7.97. The molecule has 0 aromatic carbocycles. The summed E-state index contributed by atoms with van der Waals surface area (Å²) in [5.41, 5.74) is 0. The van der Waals surface area contributed by atoms with Crippen molar-refractivity contribution >= 4 is 62.4 Å². The van der Waals surface area contributed by atoms with Gasteiger partial charge in [-0.15, -0.1) is 10.2 Å². The van der Waals surface area contributed by atoms with Gasteiger partial charge in [-0.3, -0.25) is 0 Å². The lowest BCUT2D eigenvalue weighted by Gasteiger charge is -1.99. The second kappa shape index (κ2) is 5.63. The number of nitrogens with zero attached hydrogens (tertiary/aromatic N) is 4. The minimum Gasteiger partial charge on any atom is -0.225 e. The van der Waals surface area contributed by atoms with Crippen LogP contribution < -0.4 is 0 Å². The molecule has 0 fully saturated rings. The maximum Gasteiger partial charge on any atom is 0.223 e. The Balaban J connectivity index is 2.22. The summed E-state index contributed by atoms with van der Waals surface area (Å²) in [5, 5.41) is 9.00. The molecule has 0 atom stereocenters. The van der Waals surface area contributed by atoms with Gasteiger partial charge >= 0.3 is 0 Å². The maximum absolute atomic E-state index is 5.72. The summed E-state index contributed by atoms with van der Waals surface area (Å²) in [6.45, 7) is 0. The molecule has 2 rings (SSSR count). The maximum atomic E-state index is 5.72. The molecule has 0 unspecified atom stereocenters. The van der Waals surface area contributed by atoms with E-state index in [1.807, 2.05) is 6.26 Å². The van der Waals surface area contributed by atoms with E-state index in [2.05, 4.69) is 36.1 Å². The van der Waals surface area contributed by atoms with Crippen LogP contribution in [0.4, 0.5) is 0 Å². The van der Waals surface area contributed by atoms with Gasteiger partial charge in [-0.05, 0) is 45.5 Å². The van der Waals surface area contributed by atoms with Crippen molar-refractivity contribution in [1.82, 2.24) is 20.2 Å². The van der Waals surface area contributed by atoms with Gasteiger partial charge in [-0.1, -0.05) is 23.1 Å². The highest BCUT2D eigenvalue weighted by atomic mass is 79.9. The quantitative estimate of drug-likeness (QED) is 0.476. The van der Waals surface area contributed by atoms with Crippen molar-refractivity contribution in [3.05, 3.63) is 16.0 Å². The number of thioether (sulfide) groups is 1. The van der Waals surface area contributed by atoms with Crippen molar-refractivity contribution in [2.45, 2.75) is 13.7 Å². The van der Waals surface area contributed by atoms with Crippen molar-refractivity contribution in [1.29, 1.82) is 0 Å². The molecule has 0 aliphatic rings. The van der Waals surface area contributed by atoms with Crippen LogP contribution in [0.2, 0.25) is 5.28 Å². The fourth-order valence-electron chi connectivity index (χ4n) is 0.806. The standard InChI is InChI=1S/C7H4BrClN4S3/c1-14-6-12-13-7(16-6)15-4-3(8)2-10-5(9)11-4/h2H,1H3. The lowest BCUT2D eigenvalue weighted by atomic mass is 10.7. The predicted molar refractivity (Wildman–Crippen MR) is 70.6 cm³/mol. The average molecular weight is 356 g/mol. The summed E-state index contributed by atoms with van der Waals surface area (Å²) in [6, 6.07) is 0. The number of hydrogen-bond acceptors (Lipinski definition) is 7. The van der Waals surface area contributed by atoms with Crippen LogP contribution in [0.5, 0.6) is 0 Å². The molecule has 16 heavy (non-hydrogen) atoms. The van der Waals surface area contributed by atoms with Crippen LogP contribution in [-0.2, 0) is 0 Å². The third-order valence-corrected chi connectivity index (χ3v) is 5.41. The highest BCUT2D eigenvalue weighted by Crippen LogP contribution is 2.35. The van der Waals surface area contributed by atoms with Crippen molar-refractivity contribution in [2.24, 2.45) is 0 Å². The second-order valence-corrected chi connectivity index (χ2v) is 6.89. The largest absolute Gasteiger partial charge is 0.225 e. The topological polar surface area (TPSA) is 51.6 Å². The van der Waals surface area contributed by atoms with Crippen LogP contribution in [0.15, 0.2) is 24.4 Å². The molecule has 9 heteroatoms. The Hall–Kier alpha value is 0.110. The second-order valence-electron chi connectivity index (χ2n) is 2.43. The molecule has 0 N–H and O–H groups in total. The van der Waals surface area contributed by atoms with E-state index in [1.54, 1.807) is 18.0 Å². The fourth-order valence-corrected chi connectivity index (χ4v) is 3.76. The first-order valence-electron chi connectivity index (χ1n) is 3.92. The van der Waals surface area contributed by atoms with Crippen molar-refractivity contribution in [3.63, 3.8) is 0 Å². The third-order valence-electron chi connectivity index (χ3n) is 1.43. The van der Waals surface area contributed by atoms with Crippen LogP contribution in [0.1, 0.15) is 0 Å². The molecular weight excluding hydrogens is 352 g/mol. The monoisotopic (exact) mass is 354 g/mol. The molecule has 0 saturated carbocycles. The number of hydrogen-bond donors (Lipinski definition) is 0. The third kappa shape index (κ3) is 3.07. The molecule has 0 spiro atoms. The van der Waals surface area contributed by atoms with Gasteiger partial charge in [0.25, 0.3) is 0 Å². The summed E-state index contributed by atoms with van der Waals surface area (Å²) < 4.78 is 2.56. The van der Waals surface area contributed by atoms with E-state index >= 15 is 0 Å². The summed E-state index contributed by atoms with van der Waals surface area (Å²) in [7, 11) is 0. The van der Waals surface area contributed by atoms with Crippen LogP contribution in [-0.4, -0.2) is 26.4 Å². The summed E-state index contributed by atoms with van der Waals surface area (Å²) in [5.74, 6) is 0. The first-order chi connectivity index (χ1) is 7.69. The zero-order valence-corrected chi connectivity index (χ0v) is 12.6. The van der Waals surface area contributed by atoms with Crippen molar-refractivity contribution in [2.75, 3.05) is 6.26 Å². The van der Waals surface area contributed by atoms with Gasteiger partial charge in [0.1, 0.15) is 5.03 Å². The zero-order valence-electron chi connectivity index (χ0n) is 7.85. The van der Waals surface area contributed by atoms with Crippen molar-refractivity contribution in [3.8, 4) is 0 Å². The van der Waals surface area contributed by atoms with E-state index in [4.69, 9.17) is 11.6 Å². The lowest BCUT2D eigenvalue weighted by molar-refractivity contribution is 0.950. The lowest BCUT2D eigenvalue weighted by Crippen LogP contribution is -1.86. The van der Waals surface area contributed by atoms with Gasteiger partial charge in [0, 0.05) is 6.20 Å². The Morgan fingerprint density at radius 1 is 1.38 bits per heavy atom. The minimum atomic E-state index is 0.223. The first kappa shape index (κ1) is 12.6. The van der Waals surface area contributed by atoms with E-state index in [0.29, 0.717) is 0 Å². The highest BCUT2D eigenvalue weighted by molar-refractivity contribution is 9.10. The van der Waals surface area contributed by atoms with Crippen LogP contribution >= 0.6 is 62.4 Å². The van der Waals surface area contributed by atoms with Crippen LogP contribution in [0, 0.1) is 0 Å². The molecule has 84 valence electrons. The van der Waals surface area contributed by atoms with Crippen molar-refractivity contribution < 1.29 is 0 Å². The number of aromatic nitrogens is 4. The van der Waals surface area contributed by atoms with E-state index < -0.39 is 0 Å². The van der Waals surface area contributed by atoms with Crippen LogP contribution in [0.25, 0.3) is 0 Å². The van der Waals surface area contributed by atoms with Crippen LogP contribution in [0.3, 0.4) is 0 Å². The normalized spacial score (nSPS) is 10.7. The molecular formula is C7H4BrClN4S3. The minimum absolute atomic E-state index is 0.223. The molecule has 0 aliphatic heterocycles. The molecule has 2 aromatic rings. The zero-order chi connectivity index (χ0) is 11.5. The molecule has 0 aliphatic carbocycles. The molecule has 2 heterocycles. The Kier molecular flexibility index (Phi) is 4.42. The Bertz CT molecular complexity index is 506. The Morgan fingerprint density at radius 3 is 2.81 bits per heavy atom.